The monoisotopic (exact) mass is 239 g/mol. The Morgan fingerprint density at radius 2 is 1.88 bits per heavy atom. The number of ether oxygens (including phenoxy) is 1. The average Bonchev–Trinajstić information content (AvgIpc) is 2.30. The molecule has 1 heterocycles. The van der Waals surface area contributed by atoms with Gasteiger partial charge in [-0.2, -0.15) is 0 Å². The fourth-order valence-electron chi connectivity index (χ4n) is 4.03. The van der Waals surface area contributed by atoms with Gasteiger partial charge in [-0.25, -0.2) is 0 Å². The maximum absolute atomic E-state index is 6.18. The van der Waals surface area contributed by atoms with Gasteiger partial charge in [0.05, 0.1) is 5.60 Å². The van der Waals surface area contributed by atoms with Gasteiger partial charge in [-0.15, -0.1) is 0 Å². The van der Waals surface area contributed by atoms with E-state index in [0.29, 0.717) is 6.04 Å². The van der Waals surface area contributed by atoms with Gasteiger partial charge in [0.25, 0.3) is 0 Å². The topological polar surface area (TPSA) is 21.3 Å². The molecule has 2 heteroatoms. The van der Waals surface area contributed by atoms with Crippen LogP contribution in [0.1, 0.15) is 58.8 Å². The minimum Gasteiger partial charge on any atom is -0.375 e. The quantitative estimate of drug-likeness (QED) is 0.815. The van der Waals surface area contributed by atoms with E-state index >= 15 is 0 Å². The zero-order valence-corrected chi connectivity index (χ0v) is 11.8. The molecule has 1 N–H and O–H groups in total. The second kappa shape index (κ2) is 5.71. The Labute approximate surface area is 107 Å². The third-order valence-electron chi connectivity index (χ3n) is 4.86. The van der Waals surface area contributed by atoms with Crippen LogP contribution in [0.15, 0.2) is 0 Å². The van der Waals surface area contributed by atoms with Crippen LogP contribution in [-0.2, 0) is 4.74 Å². The molecule has 0 aromatic carbocycles. The first kappa shape index (κ1) is 13.4. The van der Waals surface area contributed by atoms with Crippen molar-refractivity contribution in [1.82, 2.24) is 5.32 Å². The molecule has 100 valence electrons. The first-order valence-electron chi connectivity index (χ1n) is 7.48. The van der Waals surface area contributed by atoms with Gasteiger partial charge >= 0.3 is 0 Å². The number of hydrogen-bond acceptors (Lipinski definition) is 2. The minimum absolute atomic E-state index is 0.255. The summed E-state index contributed by atoms with van der Waals surface area (Å²) in [4.78, 5) is 0. The maximum Gasteiger partial charge on any atom is 0.0685 e. The summed E-state index contributed by atoms with van der Waals surface area (Å²) >= 11 is 0. The van der Waals surface area contributed by atoms with Crippen molar-refractivity contribution < 1.29 is 4.74 Å². The molecule has 1 aliphatic heterocycles. The van der Waals surface area contributed by atoms with Gasteiger partial charge < -0.3 is 10.1 Å². The zero-order valence-electron chi connectivity index (χ0n) is 11.8. The molecule has 1 spiro atoms. The van der Waals surface area contributed by atoms with E-state index in [1.807, 2.05) is 0 Å². The first-order valence-corrected chi connectivity index (χ1v) is 7.48. The third-order valence-corrected chi connectivity index (χ3v) is 4.86. The predicted molar refractivity (Wildman–Crippen MR) is 72.2 cm³/mol. The van der Waals surface area contributed by atoms with E-state index in [4.69, 9.17) is 4.74 Å². The van der Waals surface area contributed by atoms with E-state index in [9.17, 15) is 0 Å². The Morgan fingerprint density at radius 1 is 1.18 bits per heavy atom. The van der Waals surface area contributed by atoms with Crippen LogP contribution < -0.4 is 5.32 Å². The van der Waals surface area contributed by atoms with Crippen LogP contribution in [0.4, 0.5) is 0 Å². The predicted octanol–water partition coefficient (Wildman–Crippen LogP) is 3.36. The van der Waals surface area contributed by atoms with Crippen molar-refractivity contribution in [1.29, 1.82) is 0 Å². The normalized spacial score (nSPS) is 30.7. The summed E-state index contributed by atoms with van der Waals surface area (Å²) < 4.78 is 6.18. The molecule has 1 saturated heterocycles. The lowest BCUT2D eigenvalue weighted by Crippen LogP contribution is -2.48. The van der Waals surface area contributed by atoms with Crippen LogP contribution in [0.25, 0.3) is 0 Å². The van der Waals surface area contributed by atoms with Crippen molar-refractivity contribution in [2.75, 3.05) is 13.7 Å². The smallest absolute Gasteiger partial charge is 0.0685 e. The Balaban J connectivity index is 2.00. The van der Waals surface area contributed by atoms with Gasteiger partial charge in [-0.1, -0.05) is 33.1 Å². The van der Waals surface area contributed by atoms with Crippen molar-refractivity contribution in [2.24, 2.45) is 11.8 Å². The van der Waals surface area contributed by atoms with Crippen LogP contribution >= 0.6 is 0 Å². The highest BCUT2D eigenvalue weighted by atomic mass is 16.5. The SMILES string of the molecule is CNC(C(C)C)C1CCOC2(CCCCC2)C1. The van der Waals surface area contributed by atoms with Crippen LogP contribution in [0, 0.1) is 11.8 Å². The molecule has 2 fully saturated rings. The summed E-state index contributed by atoms with van der Waals surface area (Å²) in [6, 6.07) is 0.665. The maximum atomic E-state index is 6.18. The molecule has 0 bridgehead atoms. The molecule has 2 atom stereocenters. The molecule has 1 aliphatic carbocycles. The molecular weight excluding hydrogens is 210 g/mol. The lowest BCUT2D eigenvalue weighted by molar-refractivity contribution is -0.123. The van der Waals surface area contributed by atoms with Gasteiger partial charge in [0.1, 0.15) is 0 Å². The highest BCUT2D eigenvalue weighted by Crippen LogP contribution is 2.42. The second-order valence-corrected chi connectivity index (χ2v) is 6.40. The molecule has 0 radical (unpaired) electrons. The van der Waals surface area contributed by atoms with Crippen LogP contribution in [0.2, 0.25) is 0 Å². The van der Waals surface area contributed by atoms with E-state index in [1.54, 1.807) is 0 Å². The molecule has 2 rings (SSSR count). The highest BCUT2D eigenvalue weighted by molar-refractivity contribution is 4.93. The summed E-state index contributed by atoms with van der Waals surface area (Å²) in [6.07, 6.45) is 9.30. The molecular formula is C15H29NO. The van der Waals surface area contributed by atoms with Crippen LogP contribution in [0.5, 0.6) is 0 Å². The van der Waals surface area contributed by atoms with E-state index in [0.717, 1.165) is 18.4 Å². The van der Waals surface area contributed by atoms with Gasteiger partial charge in [0.2, 0.25) is 0 Å². The minimum atomic E-state index is 0.255. The first-order chi connectivity index (χ1) is 8.17. The fraction of sp³-hybridized carbons (Fsp3) is 1.00. The highest BCUT2D eigenvalue weighted by Gasteiger charge is 2.40. The van der Waals surface area contributed by atoms with Crippen LogP contribution in [-0.4, -0.2) is 25.3 Å². The van der Waals surface area contributed by atoms with Crippen molar-refractivity contribution in [3.63, 3.8) is 0 Å². The van der Waals surface area contributed by atoms with Gasteiger partial charge in [-0.3, -0.25) is 0 Å². The van der Waals surface area contributed by atoms with Crippen molar-refractivity contribution in [3.8, 4) is 0 Å². The van der Waals surface area contributed by atoms with Crippen LogP contribution in [0.3, 0.4) is 0 Å². The zero-order chi connectivity index (χ0) is 12.3. The third kappa shape index (κ3) is 3.03. The number of nitrogens with one attached hydrogen (secondary N) is 1. The second-order valence-electron chi connectivity index (χ2n) is 6.40. The molecule has 17 heavy (non-hydrogen) atoms. The summed E-state index contributed by atoms with van der Waals surface area (Å²) in [7, 11) is 2.12. The molecule has 2 nitrogen and oxygen atoms in total. The molecule has 0 amide bonds. The summed E-state index contributed by atoms with van der Waals surface area (Å²) in [5, 5.41) is 3.54. The largest absolute Gasteiger partial charge is 0.375 e. The van der Waals surface area contributed by atoms with E-state index < -0.39 is 0 Å². The molecule has 2 aliphatic rings. The van der Waals surface area contributed by atoms with Gasteiger partial charge in [0.15, 0.2) is 0 Å². The van der Waals surface area contributed by atoms with Crippen molar-refractivity contribution >= 4 is 0 Å². The Hall–Kier alpha value is -0.0800. The van der Waals surface area contributed by atoms with E-state index in [-0.39, 0.29) is 5.60 Å². The Morgan fingerprint density at radius 3 is 2.47 bits per heavy atom. The van der Waals surface area contributed by atoms with Gasteiger partial charge in [-0.05, 0) is 44.6 Å². The lowest BCUT2D eigenvalue weighted by atomic mass is 9.72. The van der Waals surface area contributed by atoms with E-state index in [1.165, 1.54) is 44.9 Å². The molecule has 0 aromatic heterocycles. The van der Waals surface area contributed by atoms with Gasteiger partial charge in [0, 0.05) is 12.6 Å². The molecule has 0 aromatic rings. The standard InChI is InChI=1S/C15H29NO/c1-12(2)14(16-3)13-7-10-17-15(11-13)8-5-4-6-9-15/h12-14,16H,4-11H2,1-3H3. The summed E-state index contributed by atoms with van der Waals surface area (Å²) in [5.41, 5.74) is 0.255. The Kier molecular flexibility index (Phi) is 4.48. The fourth-order valence-corrected chi connectivity index (χ4v) is 4.03. The van der Waals surface area contributed by atoms with Crippen molar-refractivity contribution in [3.05, 3.63) is 0 Å². The van der Waals surface area contributed by atoms with Crippen molar-refractivity contribution in [2.45, 2.75) is 70.4 Å². The number of hydrogen-bond donors (Lipinski definition) is 1. The summed E-state index contributed by atoms with van der Waals surface area (Å²) in [6.45, 7) is 5.66. The molecule has 1 saturated carbocycles. The lowest BCUT2D eigenvalue weighted by Gasteiger charge is -2.46. The Bertz CT molecular complexity index is 228. The van der Waals surface area contributed by atoms with E-state index in [2.05, 4.69) is 26.2 Å². The molecule has 2 unspecified atom stereocenters. The number of rotatable bonds is 3. The summed E-state index contributed by atoms with van der Waals surface area (Å²) in [5.74, 6) is 1.54. The average molecular weight is 239 g/mol.